The lowest BCUT2D eigenvalue weighted by molar-refractivity contribution is 0.0639. The largest absolute Gasteiger partial charge is 0.412 e. The normalized spacial score (nSPS) is 20.3. The van der Waals surface area contributed by atoms with E-state index in [1.807, 2.05) is 24.3 Å². The number of rotatable bonds is 9. The van der Waals surface area contributed by atoms with E-state index >= 15 is 0 Å². The van der Waals surface area contributed by atoms with E-state index < -0.39 is 17.4 Å². The SMILES string of the molecule is CC1CN(Cc2ccccc2)CC1c1nnc(CN)c(=O)[nH]1.CC1CN(Cc2ccccc2)CC1c1nnc(CN2C(=O)c3ccccc3C2=O)c(=O)[nH]1.NN.O. The van der Waals surface area contributed by atoms with Gasteiger partial charge in [-0.3, -0.25) is 45.6 Å². The number of hydrazine groups is 1. The fourth-order valence-electron chi connectivity index (χ4n) is 7.64. The third kappa shape index (κ3) is 9.77. The zero-order valence-electron chi connectivity index (χ0n) is 32.0. The second-order valence-corrected chi connectivity index (χ2v) is 14.4. The van der Waals surface area contributed by atoms with Gasteiger partial charge in [-0.1, -0.05) is 86.6 Å². The van der Waals surface area contributed by atoms with E-state index in [4.69, 9.17) is 5.73 Å². The molecule has 3 aliphatic heterocycles. The van der Waals surface area contributed by atoms with Crippen molar-refractivity contribution in [2.75, 3.05) is 26.2 Å². The Morgan fingerprint density at radius 2 is 0.982 bits per heavy atom. The highest BCUT2D eigenvalue weighted by atomic mass is 16.2. The molecule has 4 atom stereocenters. The van der Waals surface area contributed by atoms with Crippen molar-refractivity contribution in [2.24, 2.45) is 29.3 Å². The molecule has 0 aliphatic carbocycles. The Labute approximate surface area is 329 Å². The van der Waals surface area contributed by atoms with Gasteiger partial charge in [0.15, 0.2) is 0 Å². The van der Waals surface area contributed by atoms with Gasteiger partial charge >= 0.3 is 0 Å². The minimum absolute atomic E-state index is 0. The van der Waals surface area contributed by atoms with E-state index in [0.717, 1.165) is 44.2 Å². The monoisotopic (exact) mass is 778 g/mol. The Hall–Kier alpha value is -5.82. The highest BCUT2D eigenvalue weighted by Gasteiger charge is 2.37. The number of amides is 2. The molecule has 0 spiro atoms. The number of hydrogen-bond donors (Lipinski definition) is 5. The molecule has 2 amide bonds. The Morgan fingerprint density at radius 1 is 0.579 bits per heavy atom. The maximum atomic E-state index is 12.7. The molecule has 17 heteroatoms. The van der Waals surface area contributed by atoms with Crippen molar-refractivity contribution in [3.05, 3.63) is 151 Å². The van der Waals surface area contributed by atoms with Gasteiger partial charge in [0, 0.05) is 57.6 Å². The average molecular weight is 779 g/mol. The number of nitrogens with zero attached hydrogens (tertiary/aromatic N) is 7. The Morgan fingerprint density at radius 3 is 1.39 bits per heavy atom. The van der Waals surface area contributed by atoms with Crippen molar-refractivity contribution in [3.8, 4) is 0 Å². The van der Waals surface area contributed by atoms with Gasteiger partial charge in [0.2, 0.25) is 0 Å². The number of fused-ring (bicyclic) bond motifs is 1. The summed E-state index contributed by atoms with van der Waals surface area (Å²) in [6.07, 6.45) is 0. The number of carbonyl (C=O) groups excluding carboxylic acids is 2. The lowest BCUT2D eigenvalue weighted by atomic mass is 9.97. The van der Waals surface area contributed by atoms with Crippen LogP contribution in [0.1, 0.15) is 80.6 Å². The zero-order valence-corrected chi connectivity index (χ0v) is 32.0. The fraction of sp³-hybridized carbons (Fsp3) is 0.350. The van der Waals surface area contributed by atoms with Crippen molar-refractivity contribution in [3.63, 3.8) is 0 Å². The molecular weight excluding hydrogens is 729 g/mol. The molecule has 0 bridgehead atoms. The van der Waals surface area contributed by atoms with Crippen molar-refractivity contribution < 1.29 is 15.1 Å². The standard InChI is InChI=1S/C24H23N5O3.C16H21N5O.H4N2.H2O/c1-15-11-28(12-16-7-3-2-4-8-16)13-19(15)21-25-22(30)20(26-27-21)14-29-23(31)17-9-5-6-10-18(17)24(29)32;1-11-8-21(9-12-5-3-2-4-6-12)10-13(11)15-18-16(22)14(7-17)19-20-15;1-2;/h2-10,15,19H,11-14H2,1H3,(H,25,27,30);2-6,11,13H,7-10,17H2,1H3,(H,18,20,22);1-2H2;1H2. The number of hydrogen-bond acceptors (Lipinski definition) is 13. The highest BCUT2D eigenvalue weighted by Crippen LogP contribution is 2.32. The lowest BCUT2D eigenvalue weighted by Crippen LogP contribution is -2.33. The highest BCUT2D eigenvalue weighted by molar-refractivity contribution is 6.21. The first-order valence-electron chi connectivity index (χ1n) is 18.6. The second-order valence-electron chi connectivity index (χ2n) is 14.4. The van der Waals surface area contributed by atoms with Crippen LogP contribution in [0.15, 0.2) is 94.5 Å². The number of aromatic amines is 2. The van der Waals surface area contributed by atoms with E-state index in [-0.39, 0.29) is 47.3 Å². The first kappa shape index (κ1) is 42.3. The van der Waals surface area contributed by atoms with Crippen LogP contribution in [0.2, 0.25) is 0 Å². The van der Waals surface area contributed by atoms with Crippen LogP contribution in [0.3, 0.4) is 0 Å². The minimum Gasteiger partial charge on any atom is -0.412 e. The molecule has 0 saturated carbocycles. The molecular formula is C40H50N12O5. The topological polar surface area (TPSA) is 271 Å². The van der Waals surface area contributed by atoms with E-state index in [1.54, 1.807) is 24.3 Å². The number of aromatic nitrogens is 6. The molecule has 0 radical (unpaired) electrons. The van der Waals surface area contributed by atoms with Crippen LogP contribution in [0.5, 0.6) is 0 Å². The summed E-state index contributed by atoms with van der Waals surface area (Å²) in [6.45, 7) is 9.55. The Balaban J connectivity index is 0.000000218. The predicted molar refractivity (Wildman–Crippen MR) is 213 cm³/mol. The molecule has 2 fully saturated rings. The van der Waals surface area contributed by atoms with Crippen molar-refractivity contribution in [1.82, 2.24) is 45.1 Å². The molecule has 300 valence electrons. The lowest BCUT2D eigenvalue weighted by Gasteiger charge is -2.16. The van der Waals surface area contributed by atoms with E-state index in [2.05, 4.69) is 102 Å². The molecule has 4 unspecified atom stereocenters. The summed E-state index contributed by atoms with van der Waals surface area (Å²) in [7, 11) is 0. The van der Waals surface area contributed by atoms with Crippen molar-refractivity contribution >= 4 is 11.8 Å². The van der Waals surface area contributed by atoms with Crippen LogP contribution in [-0.4, -0.2) is 88.5 Å². The Kier molecular flexibility index (Phi) is 14.4. The van der Waals surface area contributed by atoms with Crippen molar-refractivity contribution in [1.29, 1.82) is 0 Å². The molecule has 3 aliphatic rings. The van der Waals surface area contributed by atoms with Gasteiger partial charge in [0.05, 0.1) is 17.7 Å². The molecule has 8 rings (SSSR count). The quantitative estimate of drug-likeness (QED) is 0.0797. The van der Waals surface area contributed by atoms with Crippen LogP contribution in [0, 0.1) is 11.8 Å². The minimum atomic E-state index is -0.420. The van der Waals surface area contributed by atoms with Crippen LogP contribution in [0.25, 0.3) is 0 Å². The van der Waals surface area contributed by atoms with E-state index in [1.165, 1.54) is 11.1 Å². The van der Waals surface area contributed by atoms with Crippen molar-refractivity contribution in [2.45, 2.75) is 51.9 Å². The van der Waals surface area contributed by atoms with Gasteiger partial charge in [-0.05, 0) is 35.1 Å². The van der Waals surface area contributed by atoms with Gasteiger partial charge in [-0.2, -0.15) is 0 Å². The predicted octanol–water partition coefficient (Wildman–Crippen LogP) is 1.05. The number of nitrogens with two attached hydrogens (primary N) is 3. The molecule has 17 nitrogen and oxygen atoms in total. The maximum Gasteiger partial charge on any atom is 0.274 e. The zero-order chi connectivity index (χ0) is 39.8. The number of likely N-dealkylation sites (tertiary alicyclic amines) is 2. The maximum absolute atomic E-state index is 12.7. The van der Waals surface area contributed by atoms with Crippen LogP contribution >= 0.6 is 0 Å². The Bertz CT molecular complexity index is 2200. The van der Waals surface area contributed by atoms with Crippen LogP contribution < -0.4 is 28.5 Å². The molecule has 2 saturated heterocycles. The molecule has 3 aromatic carbocycles. The van der Waals surface area contributed by atoms with Crippen LogP contribution in [-0.2, 0) is 26.2 Å². The number of imide groups is 1. The van der Waals surface area contributed by atoms with Gasteiger partial charge in [-0.25, -0.2) is 0 Å². The average Bonchev–Trinajstić information content (AvgIpc) is 3.85. The molecule has 57 heavy (non-hydrogen) atoms. The van der Waals surface area contributed by atoms with Gasteiger partial charge in [0.25, 0.3) is 22.9 Å². The fourth-order valence-corrected chi connectivity index (χ4v) is 7.64. The number of carbonyl (C=O) groups is 2. The summed E-state index contributed by atoms with van der Waals surface area (Å²) in [4.78, 5) is 61.2. The smallest absolute Gasteiger partial charge is 0.274 e. The summed E-state index contributed by atoms with van der Waals surface area (Å²) in [6, 6.07) is 27.3. The van der Waals surface area contributed by atoms with Gasteiger partial charge in [0.1, 0.15) is 23.0 Å². The first-order valence-corrected chi connectivity index (χ1v) is 18.6. The third-order valence-corrected chi connectivity index (χ3v) is 10.5. The first-order chi connectivity index (χ1) is 27.2. The molecule has 2 aromatic heterocycles. The summed E-state index contributed by atoms with van der Waals surface area (Å²) >= 11 is 0. The van der Waals surface area contributed by atoms with E-state index in [9.17, 15) is 19.2 Å². The van der Waals surface area contributed by atoms with Gasteiger partial charge < -0.3 is 21.2 Å². The summed E-state index contributed by atoms with van der Waals surface area (Å²) in [5, 5.41) is 16.5. The molecule has 10 N–H and O–H groups in total. The second kappa shape index (κ2) is 19.4. The summed E-state index contributed by atoms with van der Waals surface area (Å²) in [5.41, 5.74) is 8.39. The van der Waals surface area contributed by atoms with Crippen LogP contribution in [0.4, 0.5) is 0 Å². The molecule has 5 heterocycles. The number of nitrogens with one attached hydrogen (secondary N) is 2. The number of H-pyrrole nitrogens is 2. The van der Waals surface area contributed by atoms with Gasteiger partial charge in [-0.15, -0.1) is 20.4 Å². The summed E-state index contributed by atoms with van der Waals surface area (Å²) < 4.78 is 0. The van der Waals surface area contributed by atoms with E-state index in [0.29, 0.717) is 34.6 Å². The summed E-state index contributed by atoms with van der Waals surface area (Å²) in [5.74, 6) is 9.38. The molecule has 5 aromatic rings. The number of benzene rings is 3. The third-order valence-electron chi connectivity index (χ3n) is 10.5.